The molecule has 0 aliphatic carbocycles. The Labute approximate surface area is 69.8 Å². The molecule has 62 valence electrons. The highest BCUT2D eigenvalue weighted by Crippen LogP contribution is 2.77. The molecule has 1 fully saturated rings. The van der Waals surface area contributed by atoms with Crippen LogP contribution in [0.4, 0.5) is 0 Å². The summed E-state index contributed by atoms with van der Waals surface area (Å²) in [5, 5.41) is 2.06. The van der Waals surface area contributed by atoms with Crippen molar-refractivity contribution in [2.45, 2.75) is 25.2 Å². The maximum absolute atomic E-state index is 10.9. The summed E-state index contributed by atoms with van der Waals surface area (Å²) in [5.41, 5.74) is -1.23. The summed E-state index contributed by atoms with van der Waals surface area (Å²) in [5.74, 6) is 0. The van der Waals surface area contributed by atoms with E-state index in [0.29, 0.717) is 6.42 Å². The summed E-state index contributed by atoms with van der Waals surface area (Å²) in [4.78, 5) is 12.5. The van der Waals surface area contributed by atoms with E-state index < -0.39 is 13.1 Å². The van der Waals surface area contributed by atoms with Crippen molar-refractivity contribution < 1.29 is 14.0 Å². The van der Waals surface area contributed by atoms with Gasteiger partial charge in [0.1, 0.15) is 0 Å². The predicted octanol–water partition coefficient (Wildman–Crippen LogP) is 1.76. The maximum atomic E-state index is 10.9. The molecule has 1 heterocycles. The first-order chi connectivity index (χ1) is 5.08. The first-order valence-electron chi connectivity index (χ1n) is 3.20. The van der Waals surface area contributed by atoms with Gasteiger partial charge < -0.3 is 4.89 Å². The lowest BCUT2D eigenvalue weighted by atomic mass is 10.3. The third-order valence-electron chi connectivity index (χ3n) is 1.48. The van der Waals surface area contributed by atoms with Crippen molar-refractivity contribution in [3.63, 3.8) is 0 Å². The molecule has 0 radical (unpaired) electrons. The lowest BCUT2D eigenvalue weighted by Gasteiger charge is -1.97. The molecular formula is C5H8NO3PS. The number of isothiocyanates is 1. The van der Waals surface area contributed by atoms with E-state index in [0.717, 1.165) is 6.42 Å². The molecule has 0 saturated carbocycles. The largest absolute Gasteiger partial charge is 0.386 e. The van der Waals surface area contributed by atoms with Gasteiger partial charge in [-0.2, -0.15) is 4.99 Å². The molecule has 4 nitrogen and oxygen atoms in total. The van der Waals surface area contributed by atoms with Crippen LogP contribution in [0, 0.1) is 0 Å². The zero-order chi connectivity index (χ0) is 8.54. The van der Waals surface area contributed by atoms with Crippen LogP contribution in [0.25, 0.3) is 0 Å². The third kappa shape index (κ3) is 1.43. The average molecular weight is 193 g/mol. The fourth-order valence-electron chi connectivity index (χ4n) is 0.901. The summed E-state index contributed by atoms with van der Waals surface area (Å²) in [6.45, 7) is 1.88. The number of rotatable bonds is 3. The highest BCUT2D eigenvalue weighted by Gasteiger charge is 2.68. The molecule has 11 heavy (non-hydrogen) atoms. The molecule has 2 unspecified atom stereocenters. The summed E-state index contributed by atoms with van der Waals surface area (Å²) in [7, 11) is -3.46. The maximum Gasteiger partial charge on any atom is 0.386 e. The first kappa shape index (κ1) is 9.04. The first-order valence-corrected chi connectivity index (χ1v) is 5.19. The fourth-order valence-corrected chi connectivity index (χ4v) is 2.50. The molecule has 0 amide bonds. The zero-order valence-corrected chi connectivity index (χ0v) is 7.69. The van der Waals surface area contributed by atoms with Gasteiger partial charge in [0.05, 0.1) is 5.16 Å². The topological polar surface area (TPSA) is 62.2 Å². The molecule has 0 aromatic carbocycles. The van der Waals surface area contributed by atoms with E-state index in [1.165, 1.54) is 0 Å². The normalized spacial score (nSPS) is 41.3. The van der Waals surface area contributed by atoms with Crippen molar-refractivity contribution in [3.05, 3.63) is 0 Å². The smallest absolute Gasteiger partial charge is 0.321 e. The van der Waals surface area contributed by atoms with Gasteiger partial charge in [-0.3, -0.25) is 9.09 Å². The van der Waals surface area contributed by atoms with E-state index in [-0.39, 0.29) is 0 Å². The molecule has 0 spiro atoms. The van der Waals surface area contributed by atoms with Gasteiger partial charge in [0.25, 0.3) is 5.47 Å². The van der Waals surface area contributed by atoms with E-state index >= 15 is 0 Å². The average Bonchev–Trinajstić information content (AvgIpc) is 2.35. The highest BCUT2D eigenvalue weighted by molar-refractivity contribution is 7.78. The molecular weight excluding hydrogens is 185 g/mol. The second kappa shape index (κ2) is 2.77. The Morgan fingerprint density at radius 1 is 1.91 bits per heavy atom. The van der Waals surface area contributed by atoms with Crippen LogP contribution in [0.2, 0.25) is 0 Å². The zero-order valence-electron chi connectivity index (χ0n) is 5.98. The van der Waals surface area contributed by atoms with Crippen molar-refractivity contribution >= 4 is 25.0 Å². The van der Waals surface area contributed by atoms with Crippen LogP contribution < -0.4 is 0 Å². The van der Waals surface area contributed by atoms with Crippen molar-refractivity contribution in [2.24, 2.45) is 4.99 Å². The van der Waals surface area contributed by atoms with Crippen LogP contribution in [0.5, 0.6) is 0 Å². The van der Waals surface area contributed by atoms with E-state index in [9.17, 15) is 4.57 Å². The van der Waals surface area contributed by atoms with E-state index in [2.05, 4.69) is 26.9 Å². The van der Waals surface area contributed by atoms with Crippen LogP contribution >= 0.6 is 19.8 Å². The van der Waals surface area contributed by atoms with E-state index in [4.69, 9.17) is 4.89 Å². The van der Waals surface area contributed by atoms with Gasteiger partial charge in [0, 0.05) is 6.42 Å². The summed E-state index contributed by atoms with van der Waals surface area (Å²) >= 11 is 4.33. The minimum atomic E-state index is -3.46. The summed E-state index contributed by atoms with van der Waals surface area (Å²) in [6, 6.07) is 0. The molecule has 1 rings (SSSR count). The molecule has 2 atom stereocenters. The SMILES string of the molecule is CCCC1(N=C=S)OP1(=O)O. The molecule has 1 aliphatic rings. The van der Waals surface area contributed by atoms with Crippen LogP contribution in [0.3, 0.4) is 0 Å². The van der Waals surface area contributed by atoms with Crippen molar-refractivity contribution in [1.82, 2.24) is 0 Å². The minimum Gasteiger partial charge on any atom is -0.321 e. The second-order valence-electron chi connectivity index (χ2n) is 2.31. The van der Waals surface area contributed by atoms with Gasteiger partial charge in [-0.25, -0.2) is 0 Å². The fraction of sp³-hybridized carbons (Fsp3) is 0.800. The van der Waals surface area contributed by atoms with Gasteiger partial charge in [-0.15, -0.1) is 0 Å². The molecule has 0 bridgehead atoms. The summed E-state index contributed by atoms with van der Waals surface area (Å²) < 4.78 is 15.5. The van der Waals surface area contributed by atoms with Crippen LogP contribution in [-0.4, -0.2) is 15.5 Å². The van der Waals surface area contributed by atoms with Crippen LogP contribution in [0.1, 0.15) is 19.8 Å². The molecule has 1 N–H and O–H groups in total. The number of hydrogen-bond donors (Lipinski definition) is 1. The Balaban J connectivity index is 2.79. The van der Waals surface area contributed by atoms with Gasteiger partial charge in [-0.05, 0) is 12.2 Å². The number of thiocarbonyl (C=S) groups is 1. The number of hydrogen-bond acceptors (Lipinski definition) is 4. The summed E-state index contributed by atoms with van der Waals surface area (Å²) in [6.07, 6.45) is 1.15. The van der Waals surface area contributed by atoms with Crippen molar-refractivity contribution in [2.75, 3.05) is 0 Å². The van der Waals surface area contributed by atoms with Crippen molar-refractivity contribution in [1.29, 1.82) is 0 Å². The number of aliphatic imine (C=N–C) groups is 1. The quantitative estimate of drug-likeness (QED) is 0.321. The highest BCUT2D eigenvalue weighted by atomic mass is 32.1. The lowest BCUT2D eigenvalue weighted by molar-refractivity contribution is 0.305. The molecule has 1 saturated heterocycles. The Morgan fingerprint density at radius 3 is 2.73 bits per heavy atom. The predicted molar refractivity (Wildman–Crippen MR) is 43.6 cm³/mol. The van der Waals surface area contributed by atoms with E-state index in [1.807, 2.05) is 6.92 Å². The molecule has 6 heteroatoms. The Hall–Kier alpha value is -0.0500. The minimum absolute atomic E-state index is 0.421. The van der Waals surface area contributed by atoms with E-state index in [1.54, 1.807) is 0 Å². The molecule has 0 aromatic heterocycles. The Kier molecular flexibility index (Phi) is 2.28. The standard InChI is InChI=1S/C5H8NO3PS/c1-2-3-5(6-4-11)9-10(5,7)8/h2-3H2,1H3,(H,7,8). The van der Waals surface area contributed by atoms with Gasteiger partial charge in [-0.1, -0.05) is 13.3 Å². The monoisotopic (exact) mass is 193 g/mol. The van der Waals surface area contributed by atoms with Gasteiger partial charge >= 0.3 is 7.60 Å². The number of nitrogens with zero attached hydrogens (tertiary/aromatic N) is 1. The molecule has 1 aliphatic heterocycles. The van der Waals surface area contributed by atoms with Gasteiger partial charge in [0.2, 0.25) is 0 Å². The molecule has 0 aromatic rings. The second-order valence-corrected chi connectivity index (χ2v) is 4.41. The lowest BCUT2D eigenvalue weighted by Crippen LogP contribution is -2.03. The van der Waals surface area contributed by atoms with Crippen molar-refractivity contribution in [3.8, 4) is 0 Å². The van der Waals surface area contributed by atoms with Gasteiger partial charge in [0.15, 0.2) is 0 Å². The Bertz CT molecular complexity index is 262. The third-order valence-corrected chi connectivity index (χ3v) is 3.25. The van der Waals surface area contributed by atoms with Crippen LogP contribution in [0.15, 0.2) is 4.99 Å². The van der Waals surface area contributed by atoms with Crippen LogP contribution in [-0.2, 0) is 9.09 Å². The Morgan fingerprint density at radius 2 is 2.45 bits per heavy atom.